The molecule has 5 heteroatoms. The highest BCUT2D eigenvalue weighted by Gasteiger charge is 2.49. The third kappa shape index (κ3) is 7.67. The van der Waals surface area contributed by atoms with Gasteiger partial charge >= 0.3 is 0 Å². The van der Waals surface area contributed by atoms with Crippen molar-refractivity contribution in [3.05, 3.63) is 191 Å². The molecule has 3 heterocycles. The molecule has 0 saturated carbocycles. The van der Waals surface area contributed by atoms with Crippen LogP contribution in [0, 0.1) is 6.92 Å². The van der Waals surface area contributed by atoms with Crippen LogP contribution in [0.15, 0.2) is 156 Å². The highest BCUT2D eigenvalue weighted by atomic mass is 16.3. The molecule has 13 rings (SSSR count). The first kappa shape index (κ1) is 49.6. The fraction of sp³-hybridized carbons (Fsp3) is 0.333. The van der Waals surface area contributed by atoms with Gasteiger partial charge in [-0.05, 0) is 193 Å². The van der Waals surface area contributed by atoms with E-state index in [1.807, 2.05) is 0 Å². The molecule has 0 radical (unpaired) electrons. The molecule has 0 unspecified atom stereocenters. The molecule has 0 amide bonds. The molecule has 388 valence electrons. The average Bonchev–Trinajstić information content (AvgIpc) is 4.08. The van der Waals surface area contributed by atoms with Gasteiger partial charge in [-0.25, -0.2) is 0 Å². The van der Waals surface area contributed by atoms with Gasteiger partial charge in [-0.1, -0.05) is 170 Å². The molecule has 0 bridgehead atoms. The molecule has 0 saturated heterocycles. The summed E-state index contributed by atoms with van der Waals surface area (Å²) in [5.41, 5.74) is 26.2. The van der Waals surface area contributed by atoms with Crippen molar-refractivity contribution in [3.63, 3.8) is 0 Å². The van der Waals surface area contributed by atoms with Crippen LogP contribution in [0.3, 0.4) is 0 Å². The number of nitrogens with zero attached hydrogens (tertiary/aromatic N) is 3. The van der Waals surface area contributed by atoms with Crippen molar-refractivity contribution in [2.45, 2.75) is 156 Å². The lowest BCUT2D eigenvalue weighted by molar-refractivity contribution is 0.332. The molecule has 4 nitrogen and oxygen atoms in total. The zero-order valence-corrected chi connectivity index (χ0v) is 48.4. The normalized spacial score (nSPS) is 17.5. The van der Waals surface area contributed by atoms with Crippen molar-refractivity contribution < 1.29 is 4.42 Å². The lowest BCUT2D eigenvalue weighted by Gasteiger charge is -2.46. The number of para-hydroxylation sites is 2. The van der Waals surface area contributed by atoms with Gasteiger partial charge in [-0.2, -0.15) is 0 Å². The Balaban J connectivity index is 1.12. The summed E-state index contributed by atoms with van der Waals surface area (Å²) in [6.45, 7) is 35.7. The molecule has 8 aromatic carbocycles. The van der Waals surface area contributed by atoms with Crippen LogP contribution in [-0.2, 0) is 32.5 Å². The van der Waals surface area contributed by atoms with Crippen LogP contribution in [0.4, 0.5) is 51.2 Å². The summed E-state index contributed by atoms with van der Waals surface area (Å²) in [4.78, 5) is 7.70. The maximum Gasteiger partial charge on any atom is 0.252 e. The Bertz CT molecular complexity index is 3830. The summed E-state index contributed by atoms with van der Waals surface area (Å²) >= 11 is 0. The molecule has 0 atom stereocenters. The maximum absolute atomic E-state index is 7.05. The Hall–Kier alpha value is -6.98. The minimum Gasteiger partial charge on any atom is -0.454 e. The SMILES string of the molecule is Cc1cc2c3c(c1)N(c1cccc4c1oc1ccccc14)c1cc(N(c4ccc(C(C)(C)C)cc4)c4ccc(C(C)(C)C)cc4)ccc1B3c1cc3c(cc1N2c1ccc2c(c1)C(C)(C)CCC2(C)C)C(C)(C)CC3(C)C. The smallest absolute Gasteiger partial charge is 0.252 e. The molecule has 0 N–H and O–H groups in total. The summed E-state index contributed by atoms with van der Waals surface area (Å²) in [5.74, 6) is 0. The number of benzene rings is 8. The van der Waals surface area contributed by atoms with Crippen LogP contribution in [0.25, 0.3) is 21.9 Å². The van der Waals surface area contributed by atoms with Crippen molar-refractivity contribution in [1.82, 2.24) is 0 Å². The molecule has 9 aromatic rings. The van der Waals surface area contributed by atoms with E-state index in [1.54, 1.807) is 0 Å². The van der Waals surface area contributed by atoms with E-state index in [4.69, 9.17) is 4.42 Å². The highest BCUT2D eigenvalue weighted by Crippen LogP contribution is 2.55. The van der Waals surface area contributed by atoms with E-state index in [1.165, 1.54) is 84.5 Å². The van der Waals surface area contributed by atoms with Crippen molar-refractivity contribution in [2.75, 3.05) is 14.7 Å². The van der Waals surface area contributed by atoms with Crippen LogP contribution >= 0.6 is 0 Å². The van der Waals surface area contributed by atoms with Gasteiger partial charge in [0.25, 0.3) is 6.71 Å². The van der Waals surface area contributed by atoms with Gasteiger partial charge in [-0.15, -0.1) is 0 Å². The van der Waals surface area contributed by atoms with Crippen LogP contribution in [0.1, 0.15) is 155 Å². The van der Waals surface area contributed by atoms with Crippen molar-refractivity contribution in [1.29, 1.82) is 0 Å². The molecule has 2 aliphatic heterocycles. The molecule has 0 fully saturated rings. The van der Waals surface area contributed by atoms with Gasteiger partial charge in [-0.3, -0.25) is 0 Å². The number of anilines is 9. The first-order chi connectivity index (χ1) is 36.3. The number of aryl methyl sites for hydroxylation is 1. The third-order valence-electron chi connectivity index (χ3n) is 18.6. The Kier molecular flexibility index (Phi) is 10.6. The number of furan rings is 1. The topological polar surface area (TPSA) is 22.9 Å². The number of hydrogen-bond acceptors (Lipinski definition) is 4. The number of rotatable bonds is 5. The Morgan fingerprint density at radius 3 is 1.64 bits per heavy atom. The van der Waals surface area contributed by atoms with Crippen molar-refractivity contribution in [3.8, 4) is 0 Å². The van der Waals surface area contributed by atoms with Crippen LogP contribution in [0.5, 0.6) is 0 Å². The standard InChI is InChI=1S/C72H76BN3O/c1-44-37-62-65-63(38-44)76(59-21-18-20-52-51-19-16-17-22-64(51)77-66(52)59)60-40-50(74(47-27-23-45(24-28-47)67(2,3)4)48-29-25-46(26-30-48)68(5,6)7)32-34-57(60)73(65)58-41-55-56(72(14,15)43-71(55,12)13)42-61(58)75(62)49-31-33-53-54(39-49)70(10,11)36-35-69(53,8)9/h16-34,37-42H,35-36,43H2,1-15H3. The fourth-order valence-corrected chi connectivity index (χ4v) is 14.5. The predicted octanol–water partition coefficient (Wildman–Crippen LogP) is 18.3. The third-order valence-corrected chi connectivity index (χ3v) is 18.6. The van der Waals surface area contributed by atoms with Gasteiger partial charge in [0, 0.05) is 56.3 Å². The number of fused-ring (bicyclic) bond motifs is 9. The second-order valence-corrected chi connectivity index (χ2v) is 28.1. The minimum atomic E-state index is -0.0505. The van der Waals surface area contributed by atoms with E-state index in [0.717, 1.165) is 63.2 Å². The highest BCUT2D eigenvalue weighted by molar-refractivity contribution is 7.00. The number of hydrogen-bond donors (Lipinski definition) is 0. The van der Waals surface area contributed by atoms with Gasteiger partial charge in [0.2, 0.25) is 0 Å². The average molecular weight is 1010 g/mol. The molecular weight excluding hydrogens is 934 g/mol. The Labute approximate surface area is 459 Å². The second-order valence-electron chi connectivity index (χ2n) is 28.1. The zero-order valence-electron chi connectivity index (χ0n) is 48.4. The van der Waals surface area contributed by atoms with Crippen LogP contribution in [0.2, 0.25) is 0 Å². The molecular formula is C72H76BN3O. The van der Waals surface area contributed by atoms with Crippen molar-refractivity contribution >= 4 is 96.2 Å². The van der Waals surface area contributed by atoms with E-state index >= 15 is 0 Å². The van der Waals surface area contributed by atoms with E-state index in [0.29, 0.717) is 0 Å². The van der Waals surface area contributed by atoms with Crippen molar-refractivity contribution in [2.24, 2.45) is 0 Å². The fourth-order valence-electron chi connectivity index (χ4n) is 14.5. The molecule has 4 aliphatic rings. The van der Waals surface area contributed by atoms with E-state index in [-0.39, 0.29) is 39.2 Å². The quantitative estimate of drug-likeness (QED) is 0.160. The largest absolute Gasteiger partial charge is 0.454 e. The summed E-state index contributed by atoms with van der Waals surface area (Å²) < 4.78 is 7.05. The van der Waals surface area contributed by atoms with E-state index in [9.17, 15) is 0 Å². The monoisotopic (exact) mass is 1010 g/mol. The molecule has 2 aliphatic carbocycles. The molecule has 0 spiro atoms. The maximum atomic E-state index is 7.05. The van der Waals surface area contributed by atoms with Gasteiger partial charge in [0.15, 0.2) is 5.58 Å². The lowest BCUT2D eigenvalue weighted by atomic mass is 9.33. The zero-order chi connectivity index (χ0) is 54.1. The lowest BCUT2D eigenvalue weighted by Crippen LogP contribution is -2.61. The van der Waals surface area contributed by atoms with Gasteiger partial charge < -0.3 is 19.1 Å². The molecule has 1 aromatic heterocycles. The van der Waals surface area contributed by atoms with Crippen LogP contribution in [-0.4, -0.2) is 6.71 Å². The van der Waals surface area contributed by atoms with Gasteiger partial charge in [0.1, 0.15) is 5.58 Å². The van der Waals surface area contributed by atoms with E-state index < -0.39 is 0 Å². The Morgan fingerprint density at radius 2 is 1.00 bits per heavy atom. The minimum absolute atomic E-state index is 0.00636. The van der Waals surface area contributed by atoms with E-state index in [2.05, 4.69) is 270 Å². The summed E-state index contributed by atoms with van der Waals surface area (Å²) in [7, 11) is 0. The second kappa shape index (κ2) is 16.5. The first-order valence-corrected chi connectivity index (χ1v) is 28.5. The summed E-state index contributed by atoms with van der Waals surface area (Å²) in [6.07, 6.45) is 3.44. The Morgan fingerprint density at radius 1 is 0.455 bits per heavy atom. The predicted molar refractivity (Wildman–Crippen MR) is 331 cm³/mol. The van der Waals surface area contributed by atoms with Gasteiger partial charge in [0.05, 0.1) is 5.69 Å². The van der Waals surface area contributed by atoms with Crippen LogP contribution < -0.4 is 31.1 Å². The first-order valence-electron chi connectivity index (χ1n) is 28.5. The summed E-state index contributed by atoms with van der Waals surface area (Å²) in [6, 6.07) is 58.8. The molecule has 77 heavy (non-hydrogen) atoms. The summed E-state index contributed by atoms with van der Waals surface area (Å²) in [5, 5.41) is 2.24.